The van der Waals surface area contributed by atoms with E-state index in [1.54, 1.807) is 29.2 Å². The summed E-state index contributed by atoms with van der Waals surface area (Å²) in [6.45, 7) is 5.81. The van der Waals surface area contributed by atoms with Crippen LogP contribution in [0.1, 0.15) is 41.0 Å². The van der Waals surface area contributed by atoms with Crippen molar-refractivity contribution in [3.63, 3.8) is 0 Å². The van der Waals surface area contributed by atoms with Gasteiger partial charge < -0.3 is 14.5 Å². The Balaban J connectivity index is 1.36. The lowest BCUT2D eigenvalue weighted by Gasteiger charge is -2.36. The highest BCUT2D eigenvalue weighted by Crippen LogP contribution is 2.27. The molecule has 178 valence electrons. The maximum Gasteiger partial charge on any atom is 0.329 e. The molecule has 2 aromatic rings. The molecule has 0 N–H and O–H groups in total. The maximum absolute atomic E-state index is 13.0. The summed E-state index contributed by atoms with van der Waals surface area (Å²) in [5.41, 5.74) is 1.67. The topological polar surface area (TPSA) is 87.2 Å². The fourth-order valence-electron chi connectivity index (χ4n) is 4.42. The number of anilines is 1. The zero-order valence-corrected chi connectivity index (χ0v) is 19.5. The Kier molecular flexibility index (Phi) is 6.95. The average molecular weight is 464 g/mol. The number of rotatable bonds is 7. The number of carbonyl (C=O) groups excluding carboxylic acids is 4. The van der Waals surface area contributed by atoms with Gasteiger partial charge in [0, 0.05) is 31.9 Å². The Morgan fingerprint density at radius 3 is 1.97 bits per heavy atom. The number of benzene rings is 2. The van der Waals surface area contributed by atoms with Crippen molar-refractivity contribution in [3.8, 4) is 0 Å². The number of carbonyl (C=O) groups is 4. The predicted octanol–water partition coefficient (Wildman–Crippen LogP) is 2.59. The van der Waals surface area contributed by atoms with Gasteiger partial charge in [-0.3, -0.25) is 19.3 Å². The van der Waals surface area contributed by atoms with E-state index in [9.17, 15) is 19.2 Å². The zero-order valence-electron chi connectivity index (χ0n) is 19.5. The number of piperazine rings is 1. The highest BCUT2D eigenvalue weighted by molar-refractivity contribution is 6.22. The van der Waals surface area contributed by atoms with E-state index >= 15 is 0 Å². The van der Waals surface area contributed by atoms with Crippen molar-refractivity contribution >= 4 is 29.4 Å². The van der Waals surface area contributed by atoms with Gasteiger partial charge in [0.05, 0.1) is 11.1 Å². The van der Waals surface area contributed by atoms with E-state index < -0.39 is 30.4 Å². The third kappa shape index (κ3) is 4.81. The maximum atomic E-state index is 13.0. The van der Waals surface area contributed by atoms with Crippen molar-refractivity contribution in [2.24, 2.45) is 5.92 Å². The van der Waals surface area contributed by atoms with Gasteiger partial charge in [0.15, 0.2) is 6.61 Å². The van der Waals surface area contributed by atoms with Gasteiger partial charge >= 0.3 is 5.97 Å². The van der Waals surface area contributed by atoms with Gasteiger partial charge in [-0.05, 0) is 36.6 Å². The van der Waals surface area contributed by atoms with E-state index in [1.807, 2.05) is 44.2 Å². The number of ether oxygens (including phenoxy) is 1. The summed E-state index contributed by atoms with van der Waals surface area (Å²) < 4.78 is 5.35. The average Bonchev–Trinajstić information content (AvgIpc) is 3.11. The van der Waals surface area contributed by atoms with Crippen LogP contribution >= 0.6 is 0 Å². The lowest BCUT2D eigenvalue weighted by atomic mass is 10.0. The highest BCUT2D eigenvalue weighted by Gasteiger charge is 2.43. The first-order valence-corrected chi connectivity index (χ1v) is 11.6. The molecule has 1 fully saturated rings. The summed E-state index contributed by atoms with van der Waals surface area (Å²) >= 11 is 0. The van der Waals surface area contributed by atoms with E-state index in [2.05, 4.69) is 4.90 Å². The fourth-order valence-corrected chi connectivity index (χ4v) is 4.42. The van der Waals surface area contributed by atoms with Crippen molar-refractivity contribution in [1.82, 2.24) is 9.80 Å². The van der Waals surface area contributed by atoms with Crippen LogP contribution in [0.25, 0.3) is 0 Å². The van der Waals surface area contributed by atoms with Crippen molar-refractivity contribution in [2.75, 3.05) is 37.7 Å². The monoisotopic (exact) mass is 463 g/mol. The van der Waals surface area contributed by atoms with Crippen LogP contribution in [0.5, 0.6) is 0 Å². The summed E-state index contributed by atoms with van der Waals surface area (Å²) in [6, 6.07) is 15.4. The highest BCUT2D eigenvalue weighted by atomic mass is 16.5. The van der Waals surface area contributed by atoms with Gasteiger partial charge in [-0.15, -0.1) is 0 Å². The van der Waals surface area contributed by atoms with Crippen LogP contribution in [-0.4, -0.2) is 72.3 Å². The fraction of sp³-hybridized carbons (Fsp3) is 0.385. The third-order valence-electron chi connectivity index (χ3n) is 6.20. The largest absolute Gasteiger partial charge is 0.454 e. The molecule has 2 aromatic carbocycles. The summed E-state index contributed by atoms with van der Waals surface area (Å²) in [5, 5.41) is 0. The lowest BCUT2D eigenvalue weighted by molar-refractivity contribution is -0.155. The second kappa shape index (κ2) is 10.1. The molecule has 0 aromatic heterocycles. The summed E-state index contributed by atoms with van der Waals surface area (Å²) in [7, 11) is 0. The van der Waals surface area contributed by atoms with Crippen molar-refractivity contribution in [1.29, 1.82) is 0 Å². The molecule has 4 rings (SSSR count). The molecule has 1 atom stereocenters. The number of fused-ring (bicyclic) bond motifs is 1. The smallest absolute Gasteiger partial charge is 0.329 e. The van der Waals surface area contributed by atoms with Crippen molar-refractivity contribution < 1.29 is 23.9 Å². The Morgan fingerprint density at radius 2 is 1.41 bits per heavy atom. The summed E-state index contributed by atoms with van der Waals surface area (Å²) in [4.78, 5) is 56.3. The van der Waals surface area contributed by atoms with Gasteiger partial charge in [-0.2, -0.15) is 0 Å². The minimum absolute atomic E-state index is 0.0311. The first-order valence-electron chi connectivity index (χ1n) is 11.6. The first kappa shape index (κ1) is 23.5. The van der Waals surface area contributed by atoms with Crippen molar-refractivity contribution in [2.45, 2.75) is 26.3 Å². The minimum Gasteiger partial charge on any atom is -0.454 e. The molecule has 1 saturated heterocycles. The number of hydrogen-bond acceptors (Lipinski definition) is 6. The molecule has 0 radical (unpaired) electrons. The number of hydrogen-bond donors (Lipinski definition) is 0. The second-order valence-corrected chi connectivity index (χ2v) is 8.98. The van der Waals surface area contributed by atoms with Gasteiger partial charge in [0.25, 0.3) is 17.7 Å². The molecule has 0 bridgehead atoms. The van der Waals surface area contributed by atoms with Crippen molar-refractivity contribution in [3.05, 3.63) is 65.7 Å². The van der Waals surface area contributed by atoms with Crippen LogP contribution in [0, 0.1) is 5.92 Å². The number of nitrogens with zero attached hydrogens (tertiary/aromatic N) is 3. The molecule has 3 amide bonds. The first-order chi connectivity index (χ1) is 16.4. The molecule has 0 unspecified atom stereocenters. The normalized spacial score (nSPS) is 16.6. The van der Waals surface area contributed by atoms with Gasteiger partial charge in [0.1, 0.15) is 6.04 Å². The molecule has 8 nitrogen and oxygen atoms in total. The minimum atomic E-state index is -1.07. The molecular weight excluding hydrogens is 434 g/mol. The van der Waals surface area contributed by atoms with Crippen LogP contribution in [-0.2, 0) is 14.3 Å². The number of esters is 1. The lowest BCUT2D eigenvalue weighted by Crippen LogP contribution is -2.51. The summed E-state index contributed by atoms with van der Waals surface area (Å²) in [6.07, 6.45) is 0.258. The van der Waals surface area contributed by atoms with Crippen LogP contribution in [0.2, 0.25) is 0 Å². The second-order valence-electron chi connectivity index (χ2n) is 8.98. The molecular formula is C26H29N3O5. The number of para-hydroxylation sites is 1. The van der Waals surface area contributed by atoms with Gasteiger partial charge in [-0.1, -0.05) is 44.2 Å². The Bertz CT molecular complexity index is 1040. The summed E-state index contributed by atoms with van der Waals surface area (Å²) in [5.74, 6) is -2.01. The standard InChI is InChI=1S/C26H29N3O5/c1-18(2)16-22(29-24(31)20-10-6-7-11-21(20)25(29)32)26(33)34-17-23(30)28-14-12-27(13-15-28)19-8-4-3-5-9-19/h3-11,18,22H,12-17H2,1-2H3/t22-/m1/s1. The van der Waals surface area contributed by atoms with E-state index in [0.717, 1.165) is 10.6 Å². The molecule has 2 heterocycles. The molecule has 2 aliphatic heterocycles. The van der Waals surface area contributed by atoms with Crippen LogP contribution < -0.4 is 4.90 Å². The Labute approximate surface area is 199 Å². The van der Waals surface area contributed by atoms with Gasteiger partial charge in [0.2, 0.25) is 0 Å². The zero-order chi connectivity index (χ0) is 24.2. The van der Waals surface area contributed by atoms with Gasteiger partial charge in [-0.25, -0.2) is 4.79 Å². The van der Waals surface area contributed by atoms with E-state index in [0.29, 0.717) is 26.2 Å². The van der Waals surface area contributed by atoms with E-state index in [1.165, 1.54) is 0 Å². The predicted molar refractivity (Wildman–Crippen MR) is 126 cm³/mol. The Hall–Kier alpha value is -3.68. The quantitative estimate of drug-likeness (QED) is 0.463. The molecule has 0 spiro atoms. The van der Waals surface area contributed by atoms with Crippen LogP contribution in [0.15, 0.2) is 54.6 Å². The molecule has 0 aliphatic carbocycles. The SMILES string of the molecule is CC(C)C[C@H](C(=O)OCC(=O)N1CCN(c2ccccc2)CC1)N1C(=O)c2ccccc2C1=O. The van der Waals surface area contributed by atoms with E-state index in [4.69, 9.17) is 4.74 Å². The number of imide groups is 1. The third-order valence-corrected chi connectivity index (χ3v) is 6.20. The molecule has 2 aliphatic rings. The molecule has 0 saturated carbocycles. The molecule has 34 heavy (non-hydrogen) atoms. The Morgan fingerprint density at radius 1 is 0.853 bits per heavy atom. The van der Waals surface area contributed by atoms with Crippen LogP contribution in [0.4, 0.5) is 5.69 Å². The number of amides is 3. The van der Waals surface area contributed by atoms with E-state index in [-0.39, 0.29) is 29.4 Å². The molecule has 8 heteroatoms. The van der Waals surface area contributed by atoms with Crippen LogP contribution in [0.3, 0.4) is 0 Å².